The van der Waals surface area contributed by atoms with Crippen molar-refractivity contribution in [1.82, 2.24) is 5.32 Å². The van der Waals surface area contributed by atoms with Crippen LogP contribution in [-0.4, -0.2) is 19.8 Å². The molecule has 2 aromatic rings. The van der Waals surface area contributed by atoms with Crippen molar-refractivity contribution in [2.45, 2.75) is 37.3 Å². The Morgan fingerprint density at radius 1 is 1.40 bits per heavy atom. The average molecular weight is 294 g/mol. The van der Waals surface area contributed by atoms with E-state index in [0.717, 1.165) is 41.0 Å². The summed E-state index contributed by atoms with van der Waals surface area (Å²) in [6, 6.07) is 7.95. The first-order chi connectivity index (χ1) is 9.65. The number of nitrogens with one attached hydrogen (secondary N) is 1. The molecule has 1 saturated carbocycles. The number of rotatable bonds is 5. The lowest BCUT2D eigenvalue weighted by Gasteiger charge is -2.42. The zero-order chi connectivity index (χ0) is 14.2. The summed E-state index contributed by atoms with van der Waals surface area (Å²) in [7, 11) is 3.77. The molecule has 0 bridgehead atoms. The van der Waals surface area contributed by atoms with Crippen LogP contribution in [0.5, 0.6) is 0 Å². The first-order valence-corrected chi connectivity index (χ1v) is 7.45. The monoisotopic (exact) mass is 293 g/mol. The lowest BCUT2D eigenvalue weighted by atomic mass is 9.75. The van der Waals surface area contributed by atoms with Gasteiger partial charge in [0.15, 0.2) is 0 Å². The van der Waals surface area contributed by atoms with Crippen LogP contribution in [0.3, 0.4) is 0 Å². The Kier molecular flexibility index (Phi) is 3.76. The maximum atomic E-state index is 6.02. The topological polar surface area (TPSA) is 34.4 Å². The third-order valence-corrected chi connectivity index (χ3v) is 4.70. The Morgan fingerprint density at radius 3 is 2.80 bits per heavy atom. The van der Waals surface area contributed by atoms with Gasteiger partial charge in [0.2, 0.25) is 0 Å². The number of methoxy groups -OCH3 is 1. The van der Waals surface area contributed by atoms with E-state index < -0.39 is 0 Å². The second-order valence-electron chi connectivity index (χ2n) is 5.62. The molecule has 1 fully saturated rings. The maximum absolute atomic E-state index is 6.02. The molecule has 1 aliphatic carbocycles. The first-order valence-electron chi connectivity index (χ1n) is 7.07. The lowest BCUT2D eigenvalue weighted by molar-refractivity contribution is -0.0844. The highest BCUT2D eigenvalue weighted by atomic mass is 35.5. The van der Waals surface area contributed by atoms with E-state index in [4.69, 9.17) is 20.8 Å². The van der Waals surface area contributed by atoms with E-state index >= 15 is 0 Å². The molecule has 1 aromatic heterocycles. The molecule has 1 heterocycles. The van der Waals surface area contributed by atoms with Crippen LogP contribution in [0.25, 0.3) is 11.0 Å². The summed E-state index contributed by atoms with van der Waals surface area (Å²) in [5, 5.41) is 5.13. The number of benzene rings is 1. The van der Waals surface area contributed by atoms with Gasteiger partial charge in [0.05, 0.1) is 11.6 Å². The summed E-state index contributed by atoms with van der Waals surface area (Å²) in [5.74, 6) is 0.952. The molecule has 0 amide bonds. The van der Waals surface area contributed by atoms with Crippen LogP contribution in [0, 0.1) is 0 Å². The Hall–Kier alpha value is -1.03. The maximum Gasteiger partial charge on any atom is 0.134 e. The second-order valence-corrected chi connectivity index (χ2v) is 6.05. The molecule has 1 N–H and O–H groups in total. The van der Waals surface area contributed by atoms with Crippen molar-refractivity contribution in [2.24, 2.45) is 0 Å². The molecule has 0 radical (unpaired) electrons. The fourth-order valence-electron chi connectivity index (χ4n) is 2.99. The lowest BCUT2D eigenvalue weighted by Crippen LogP contribution is -2.42. The minimum atomic E-state index is 0.0182. The summed E-state index contributed by atoms with van der Waals surface area (Å²) in [6.07, 6.45) is 4.45. The predicted octanol–water partition coefficient (Wildman–Crippen LogP) is 4.31. The zero-order valence-corrected chi connectivity index (χ0v) is 12.7. The Bertz CT molecular complexity index is 598. The molecular formula is C16H20ClNO2. The van der Waals surface area contributed by atoms with Crippen molar-refractivity contribution in [2.75, 3.05) is 14.2 Å². The summed E-state index contributed by atoms with van der Waals surface area (Å²) < 4.78 is 11.7. The number of halogens is 1. The number of hydrogen-bond donors (Lipinski definition) is 1. The van der Waals surface area contributed by atoms with Gasteiger partial charge in [0.1, 0.15) is 11.3 Å². The summed E-state index contributed by atoms with van der Waals surface area (Å²) in [4.78, 5) is 0. The second kappa shape index (κ2) is 5.40. The normalized spacial score (nSPS) is 18.9. The molecule has 1 aliphatic rings. The number of ether oxygens (including phenoxy) is 1. The predicted molar refractivity (Wildman–Crippen MR) is 81.2 cm³/mol. The third-order valence-electron chi connectivity index (χ3n) is 4.46. The van der Waals surface area contributed by atoms with Gasteiger partial charge in [-0.2, -0.15) is 0 Å². The third kappa shape index (κ3) is 2.46. The van der Waals surface area contributed by atoms with Gasteiger partial charge in [-0.15, -0.1) is 0 Å². The number of hydrogen-bond acceptors (Lipinski definition) is 3. The molecule has 20 heavy (non-hydrogen) atoms. The van der Waals surface area contributed by atoms with E-state index in [-0.39, 0.29) is 11.6 Å². The van der Waals surface area contributed by atoms with Crippen molar-refractivity contribution < 1.29 is 9.15 Å². The van der Waals surface area contributed by atoms with Gasteiger partial charge in [-0.1, -0.05) is 11.6 Å². The standard InChI is InChI=1S/C16H20ClNO2/c1-18-13(10-16(19-2)6-3-7-16)15-9-11-8-12(17)4-5-14(11)20-15/h4-5,8-9,13,18H,3,6-7,10H2,1-2H3. The molecule has 0 saturated heterocycles. The Balaban J connectivity index is 1.87. The fraction of sp³-hybridized carbons (Fsp3) is 0.500. The quantitative estimate of drug-likeness (QED) is 0.892. The Morgan fingerprint density at radius 2 is 2.20 bits per heavy atom. The Labute approximate surface area is 124 Å². The SMILES string of the molecule is CNC(CC1(OC)CCC1)c1cc2cc(Cl)ccc2o1. The zero-order valence-electron chi connectivity index (χ0n) is 11.9. The average Bonchev–Trinajstić information content (AvgIpc) is 2.81. The molecule has 1 unspecified atom stereocenters. The first kappa shape index (κ1) is 13.9. The molecule has 108 valence electrons. The molecule has 3 rings (SSSR count). The van der Waals surface area contributed by atoms with Crippen LogP contribution >= 0.6 is 11.6 Å². The molecular weight excluding hydrogens is 274 g/mol. The minimum Gasteiger partial charge on any atom is -0.459 e. The largest absolute Gasteiger partial charge is 0.459 e. The van der Waals surface area contributed by atoms with Crippen molar-refractivity contribution in [3.63, 3.8) is 0 Å². The van der Waals surface area contributed by atoms with Crippen molar-refractivity contribution in [3.05, 3.63) is 35.0 Å². The highest BCUT2D eigenvalue weighted by Crippen LogP contribution is 2.42. The van der Waals surface area contributed by atoms with Crippen molar-refractivity contribution in [3.8, 4) is 0 Å². The van der Waals surface area contributed by atoms with E-state index in [2.05, 4.69) is 11.4 Å². The number of fused-ring (bicyclic) bond motifs is 1. The summed E-state index contributed by atoms with van der Waals surface area (Å²) in [5.41, 5.74) is 0.898. The molecule has 1 aromatic carbocycles. The van der Waals surface area contributed by atoms with E-state index in [1.54, 1.807) is 0 Å². The van der Waals surface area contributed by atoms with E-state index in [1.807, 2.05) is 32.4 Å². The van der Waals surface area contributed by atoms with Gasteiger partial charge in [0.25, 0.3) is 0 Å². The van der Waals surface area contributed by atoms with Crippen molar-refractivity contribution >= 4 is 22.6 Å². The van der Waals surface area contributed by atoms with Gasteiger partial charge in [-0.3, -0.25) is 0 Å². The van der Waals surface area contributed by atoms with Gasteiger partial charge in [-0.05, 0) is 57.0 Å². The van der Waals surface area contributed by atoms with Crippen LogP contribution in [0.2, 0.25) is 5.02 Å². The van der Waals surface area contributed by atoms with Gasteiger partial charge < -0.3 is 14.5 Å². The van der Waals surface area contributed by atoms with Gasteiger partial charge in [-0.25, -0.2) is 0 Å². The smallest absolute Gasteiger partial charge is 0.134 e. The van der Waals surface area contributed by atoms with Crippen molar-refractivity contribution in [1.29, 1.82) is 0 Å². The molecule has 0 aliphatic heterocycles. The highest BCUT2D eigenvalue weighted by molar-refractivity contribution is 6.31. The van der Waals surface area contributed by atoms with Crippen LogP contribution in [0.4, 0.5) is 0 Å². The fourth-order valence-corrected chi connectivity index (χ4v) is 3.17. The molecule has 3 nitrogen and oxygen atoms in total. The van der Waals surface area contributed by atoms with Gasteiger partial charge in [0, 0.05) is 17.5 Å². The van der Waals surface area contributed by atoms with Crippen LogP contribution in [-0.2, 0) is 4.74 Å². The van der Waals surface area contributed by atoms with Crippen LogP contribution in [0.1, 0.15) is 37.5 Å². The summed E-state index contributed by atoms with van der Waals surface area (Å²) in [6.45, 7) is 0. The number of furan rings is 1. The van der Waals surface area contributed by atoms with Gasteiger partial charge >= 0.3 is 0 Å². The van der Waals surface area contributed by atoms with E-state index in [1.165, 1.54) is 6.42 Å². The molecule has 0 spiro atoms. The van der Waals surface area contributed by atoms with Crippen LogP contribution < -0.4 is 5.32 Å². The highest BCUT2D eigenvalue weighted by Gasteiger charge is 2.39. The molecule has 1 atom stereocenters. The minimum absolute atomic E-state index is 0.0182. The molecule has 4 heteroatoms. The summed E-state index contributed by atoms with van der Waals surface area (Å²) >= 11 is 6.02. The van der Waals surface area contributed by atoms with Crippen LogP contribution in [0.15, 0.2) is 28.7 Å². The van der Waals surface area contributed by atoms with E-state index in [0.29, 0.717) is 0 Å². The van der Waals surface area contributed by atoms with E-state index in [9.17, 15) is 0 Å².